The van der Waals surface area contributed by atoms with Crippen LogP contribution in [-0.4, -0.2) is 29.0 Å². The van der Waals surface area contributed by atoms with Crippen molar-refractivity contribution in [2.45, 2.75) is 26.7 Å². The maximum Gasteiger partial charge on any atom is 0.252 e. The molecule has 1 fully saturated rings. The predicted molar refractivity (Wildman–Crippen MR) is 94.3 cm³/mol. The Morgan fingerprint density at radius 2 is 1.83 bits per heavy atom. The van der Waals surface area contributed by atoms with Gasteiger partial charge in [-0.1, -0.05) is 6.07 Å². The van der Waals surface area contributed by atoms with Crippen molar-refractivity contribution in [3.63, 3.8) is 0 Å². The first-order valence-corrected chi connectivity index (χ1v) is 8.20. The fraction of sp³-hybridized carbons (Fsp3) is 0.389. The van der Waals surface area contributed by atoms with E-state index in [2.05, 4.69) is 26.3 Å². The molecule has 0 aliphatic carbocycles. The van der Waals surface area contributed by atoms with E-state index in [1.165, 1.54) is 12.4 Å². The van der Waals surface area contributed by atoms with Crippen LogP contribution in [0, 0.1) is 19.8 Å². The summed E-state index contributed by atoms with van der Waals surface area (Å²) in [5.41, 5.74) is 2.98. The number of aromatic amines is 1. The predicted octanol–water partition coefficient (Wildman–Crippen LogP) is 2.24. The van der Waals surface area contributed by atoms with Crippen molar-refractivity contribution >= 4 is 17.4 Å². The first-order valence-electron chi connectivity index (χ1n) is 8.20. The highest BCUT2D eigenvalue weighted by atomic mass is 16.2. The lowest BCUT2D eigenvalue weighted by atomic mass is 9.95. The van der Waals surface area contributed by atoms with Crippen molar-refractivity contribution in [1.82, 2.24) is 9.97 Å². The van der Waals surface area contributed by atoms with Gasteiger partial charge in [0.15, 0.2) is 0 Å². The third-order valence-electron chi connectivity index (χ3n) is 4.34. The van der Waals surface area contributed by atoms with Crippen LogP contribution in [0.4, 0.5) is 11.5 Å². The Balaban J connectivity index is 1.60. The first kappa shape index (κ1) is 16.2. The van der Waals surface area contributed by atoms with Crippen molar-refractivity contribution in [2.24, 2.45) is 5.92 Å². The van der Waals surface area contributed by atoms with Crippen LogP contribution in [0.1, 0.15) is 24.0 Å². The lowest BCUT2D eigenvalue weighted by Crippen LogP contribution is -2.39. The van der Waals surface area contributed by atoms with Gasteiger partial charge in [0.25, 0.3) is 5.56 Å². The molecule has 24 heavy (non-hydrogen) atoms. The van der Waals surface area contributed by atoms with Crippen molar-refractivity contribution in [2.75, 3.05) is 23.3 Å². The van der Waals surface area contributed by atoms with Gasteiger partial charge in [-0.3, -0.25) is 9.59 Å². The van der Waals surface area contributed by atoms with Crippen LogP contribution in [0.25, 0.3) is 0 Å². The fourth-order valence-corrected chi connectivity index (χ4v) is 3.19. The third kappa shape index (κ3) is 3.82. The number of benzene rings is 1. The Labute approximate surface area is 140 Å². The molecule has 1 saturated heterocycles. The van der Waals surface area contributed by atoms with E-state index < -0.39 is 0 Å². The van der Waals surface area contributed by atoms with Gasteiger partial charge in [0.05, 0.1) is 6.33 Å². The largest absolute Gasteiger partial charge is 0.356 e. The second kappa shape index (κ2) is 6.86. The second-order valence-electron chi connectivity index (χ2n) is 6.40. The van der Waals surface area contributed by atoms with Crippen LogP contribution in [-0.2, 0) is 4.79 Å². The summed E-state index contributed by atoms with van der Waals surface area (Å²) in [6.07, 6.45) is 2.92. The highest BCUT2D eigenvalue weighted by Gasteiger charge is 2.25. The lowest BCUT2D eigenvalue weighted by molar-refractivity contribution is -0.120. The molecule has 0 unspecified atom stereocenters. The van der Waals surface area contributed by atoms with Crippen LogP contribution < -0.4 is 15.8 Å². The Morgan fingerprint density at radius 3 is 2.46 bits per heavy atom. The average molecular weight is 326 g/mol. The lowest BCUT2D eigenvalue weighted by Gasteiger charge is -2.31. The number of carbonyl (C=O) groups is 1. The zero-order valence-electron chi connectivity index (χ0n) is 14.0. The normalized spacial score (nSPS) is 15.3. The van der Waals surface area contributed by atoms with Gasteiger partial charge >= 0.3 is 0 Å². The molecule has 1 aromatic heterocycles. The molecule has 6 nitrogen and oxygen atoms in total. The molecule has 6 heteroatoms. The number of amides is 1. The average Bonchev–Trinajstić information content (AvgIpc) is 2.54. The van der Waals surface area contributed by atoms with E-state index in [9.17, 15) is 9.59 Å². The van der Waals surface area contributed by atoms with Gasteiger partial charge in [-0.2, -0.15) is 0 Å². The second-order valence-corrected chi connectivity index (χ2v) is 6.40. The number of aryl methyl sites for hydroxylation is 2. The number of hydrogen-bond donors (Lipinski definition) is 2. The number of nitrogens with zero attached hydrogens (tertiary/aromatic N) is 2. The zero-order valence-corrected chi connectivity index (χ0v) is 14.0. The molecule has 2 N–H and O–H groups in total. The molecular formula is C18H22N4O2. The monoisotopic (exact) mass is 326 g/mol. The number of hydrogen-bond acceptors (Lipinski definition) is 4. The van der Waals surface area contributed by atoms with Gasteiger partial charge < -0.3 is 15.2 Å². The highest BCUT2D eigenvalue weighted by molar-refractivity contribution is 5.92. The van der Waals surface area contributed by atoms with E-state index in [4.69, 9.17) is 0 Å². The summed E-state index contributed by atoms with van der Waals surface area (Å²) in [7, 11) is 0. The SMILES string of the molecule is Cc1cc(C)cc(NC(=O)C2CCN(c3cc(=O)[nH]cn3)CC2)c1. The van der Waals surface area contributed by atoms with E-state index >= 15 is 0 Å². The number of rotatable bonds is 3. The number of H-pyrrole nitrogens is 1. The number of aromatic nitrogens is 2. The van der Waals surface area contributed by atoms with Crippen molar-refractivity contribution in [3.8, 4) is 0 Å². The summed E-state index contributed by atoms with van der Waals surface area (Å²) in [6, 6.07) is 7.55. The quantitative estimate of drug-likeness (QED) is 0.907. The van der Waals surface area contributed by atoms with Crippen LogP contribution in [0.15, 0.2) is 35.4 Å². The standard InChI is InChI=1S/C18H22N4O2/c1-12-7-13(2)9-15(8-12)21-18(24)14-3-5-22(6-4-14)16-10-17(23)20-11-19-16/h7-11,14H,3-6H2,1-2H3,(H,21,24)(H,19,20,23). The van der Waals surface area contributed by atoms with Crippen LogP contribution >= 0.6 is 0 Å². The summed E-state index contributed by atoms with van der Waals surface area (Å²) in [4.78, 5) is 32.6. The van der Waals surface area contributed by atoms with Gasteiger partial charge in [0, 0.05) is 30.8 Å². The van der Waals surface area contributed by atoms with E-state index in [1.807, 2.05) is 26.0 Å². The molecule has 3 rings (SSSR count). The van der Waals surface area contributed by atoms with Crippen LogP contribution in [0.2, 0.25) is 0 Å². The Hall–Kier alpha value is -2.63. The molecule has 1 aromatic carbocycles. The molecule has 0 saturated carbocycles. The third-order valence-corrected chi connectivity index (χ3v) is 4.34. The molecule has 1 aliphatic rings. The molecule has 0 bridgehead atoms. The molecule has 2 aromatic rings. The summed E-state index contributed by atoms with van der Waals surface area (Å²) < 4.78 is 0. The van der Waals surface area contributed by atoms with Crippen molar-refractivity contribution in [3.05, 3.63) is 52.1 Å². The minimum absolute atomic E-state index is 0.0101. The molecule has 126 valence electrons. The highest BCUT2D eigenvalue weighted by Crippen LogP contribution is 2.23. The Kier molecular flexibility index (Phi) is 4.64. The van der Waals surface area contributed by atoms with E-state index in [0.29, 0.717) is 5.82 Å². The molecule has 0 atom stereocenters. The van der Waals surface area contributed by atoms with Crippen LogP contribution in [0.5, 0.6) is 0 Å². The van der Waals surface area contributed by atoms with Gasteiger partial charge in [0.2, 0.25) is 5.91 Å². The maximum absolute atomic E-state index is 12.5. The summed E-state index contributed by atoms with van der Waals surface area (Å²) in [6.45, 7) is 5.49. The summed E-state index contributed by atoms with van der Waals surface area (Å²) in [5.74, 6) is 0.731. The summed E-state index contributed by atoms with van der Waals surface area (Å²) >= 11 is 0. The molecule has 0 radical (unpaired) electrons. The van der Waals surface area contributed by atoms with Gasteiger partial charge in [-0.25, -0.2) is 4.98 Å². The smallest absolute Gasteiger partial charge is 0.252 e. The molecule has 0 spiro atoms. The van der Waals surface area contributed by atoms with Crippen molar-refractivity contribution in [1.29, 1.82) is 0 Å². The minimum Gasteiger partial charge on any atom is -0.356 e. The zero-order chi connectivity index (χ0) is 17.1. The number of anilines is 2. The molecule has 1 aliphatic heterocycles. The summed E-state index contributed by atoms with van der Waals surface area (Å²) in [5, 5.41) is 3.03. The minimum atomic E-state index is -0.158. The van der Waals surface area contributed by atoms with E-state index in [-0.39, 0.29) is 17.4 Å². The Bertz CT molecular complexity index is 771. The number of nitrogens with one attached hydrogen (secondary N) is 2. The molecular weight excluding hydrogens is 304 g/mol. The van der Waals surface area contributed by atoms with Gasteiger partial charge in [-0.15, -0.1) is 0 Å². The fourth-order valence-electron chi connectivity index (χ4n) is 3.19. The topological polar surface area (TPSA) is 78.1 Å². The van der Waals surface area contributed by atoms with Crippen molar-refractivity contribution < 1.29 is 4.79 Å². The maximum atomic E-state index is 12.5. The Morgan fingerprint density at radius 1 is 1.17 bits per heavy atom. The van der Waals surface area contributed by atoms with E-state index in [1.54, 1.807) is 0 Å². The molecule has 1 amide bonds. The van der Waals surface area contributed by atoms with Crippen LogP contribution in [0.3, 0.4) is 0 Å². The molecule has 2 heterocycles. The number of carbonyl (C=O) groups excluding carboxylic acids is 1. The van der Waals surface area contributed by atoms with Gasteiger partial charge in [-0.05, 0) is 49.9 Å². The number of piperidine rings is 1. The van der Waals surface area contributed by atoms with E-state index in [0.717, 1.165) is 42.7 Å². The van der Waals surface area contributed by atoms with Gasteiger partial charge in [0.1, 0.15) is 5.82 Å². The first-order chi connectivity index (χ1) is 11.5.